The topological polar surface area (TPSA) is 46.2 Å². The van der Waals surface area contributed by atoms with Crippen LogP contribution in [0.4, 0.5) is 13.2 Å². The Morgan fingerprint density at radius 3 is 2.20 bits per heavy atom. The van der Waals surface area contributed by atoms with E-state index in [2.05, 4.69) is 0 Å². The van der Waals surface area contributed by atoms with E-state index in [4.69, 9.17) is 0 Å². The van der Waals surface area contributed by atoms with E-state index in [1.165, 1.54) is 5.32 Å². The molecule has 0 heterocycles. The van der Waals surface area contributed by atoms with E-state index in [1.54, 1.807) is 0 Å². The van der Waals surface area contributed by atoms with Gasteiger partial charge in [0.05, 0.1) is 0 Å². The lowest BCUT2D eigenvalue weighted by molar-refractivity contribution is -0.174. The van der Waals surface area contributed by atoms with Gasteiger partial charge in [-0.05, 0) is 6.42 Å². The SMILES string of the molecule is CCCCCCC(=O)NC(=O)C(F)(F)F. The van der Waals surface area contributed by atoms with Crippen molar-refractivity contribution in [3.05, 3.63) is 0 Å². The van der Waals surface area contributed by atoms with Gasteiger partial charge >= 0.3 is 12.1 Å². The van der Waals surface area contributed by atoms with E-state index in [1.807, 2.05) is 6.92 Å². The van der Waals surface area contributed by atoms with Gasteiger partial charge in [-0.1, -0.05) is 26.2 Å². The van der Waals surface area contributed by atoms with Crippen molar-refractivity contribution in [2.75, 3.05) is 0 Å². The maximum absolute atomic E-state index is 11.7. The van der Waals surface area contributed by atoms with Gasteiger partial charge in [-0.2, -0.15) is 13.2 Å². The number of halogens is 3. The standard InChI is InChI=1S/C9H14F3NO2/c1-2-3-4-5-6-7(14)13-8(15)9(10,11)12/h2-6H2,1H3,(H,13,14,15). The first-order valence-electron chi connectivity index (χ1n) is 4.79. The average Bonchev–Trinajstić information content (AvgIpc) is 2.11. The van der Waals surface area contributed by atoms with Crippen LogP contribution in [-0.4, -0.2) is 18.0 Å². The summed E-state index contributed by atoms with van der Waals surface area (Å²) in [6.07, 6.45) is -1.83. The minimum atomic E-state index is -4.99. The number of nitrogens with one attached hydrogen (secondary N) is 1. The first kappa shape index (κ1) is 13.9. The second-order valence-electron chi connectivity index (χ2n) is 3.19. The monoisotopic (exact) mass is 225 g/mol. The molecule has 88 valence electrons. The lowest BCUT2D eigenvalue weighted by Crippen LogP contribution is -2.40. The summed E-state index contributed by atoms with van der Waals surface area (Å²) in [6.45, 7) is 1.98. The van der Waals surface area contributed by atoms with Crippen LogP contribution >= 0.6 is 0 Å². The second kappa shape index (κ2) is 6.42. The molecule has 0 aromatic heterocycles. The summed E-state index contributed by atoms with van der Waals surface area (Å²) < 4.78 is 35.1. The van der Waals surface area contributed by atoms with Crippen molar-refractivity contribution in [2.24, 2.45) is 0 Å². The van der Waals surface area contributed by atoms with Crippen LogP contribution in [0.1, 0.15) is 39.0 Å². The van der Waals surface area contributed by atoms with Crippen LogP contribution in [0.15, 0.2) is 0 Å². The van der Waals surface area contributed by atoms with Gasteiger partial charge in [0.1, 0.15) is 0 Å². The normalized spacial score (nSPS) is 11.2. The Morgan fingerprint density at radius 2 is 1.73 bits per heavy atom. The molecule has 0 rings (SSSR count). The molecule has 0 bridgehead atoms. The Kier molecular flexibility index (Phi) is 5.96. The van der Waals surface area contributed by atoms with Crippen molar-refractivity contribution >= 4 is 11.8 Å². The van der Waals surface area contributed by atoms with Gasteiger partial charge in [0.15, 0.2) is 0 Å². The number of hydrogen-bond acceptors (Lipinski definition) is 2. The van der Waals surface area contributed by atoms with Gasteiger partial charge in [-0.3, -0.25) is 14.9 Å². The van der Waals surface area contributed by atoms with Gasteiger partial charge in [-0.25, -0.2) is 0 Å². The summed E-state index contributed by atoms with van der Waals surface area (Å²) in [6, 6.07) is 0. The first-order chi connectivity index (χ1) is 6.88. The third-order valence-corrected chi connectivity index (χ3v) is 1.77. The van der Waals surface area contributed by atoms with Crippen LogP contribution in [0.2, 0.25) is 0 Å². The lowest BCUT2D eigenvalue weighted by atomic mass is 10.1. The molecular formula is C9H14F3NO2. The van der Waals surface area contributed by atoms with E-state index < -0.39 is 18.0 Å². The molecule has 2 amide bonds. The summed E-state index contributed by atoms with van der Waals surface area (Å²) in [5.41, 5.74) is 0. The van der Waals surface area contributed by atoms with Crippen molar-refractivity contribution in [1.82, 2.24) is 5.32 Å². The summed E-state index contributed by atoms with van der Waals surface area (Å²) >= 11 is 0. The fourth-order valence-corrected chi connectivity index (χ4v) is 0.972. The fourth-order valence-electron chi connectivity index (χ4n) is 0.972. The predicted octanol–water partition coefficient (Wildman–Crippen LogP) is 2.16. The van der Waals surface area contributed by atoms with Crippen LogP contribution in [0.25, 0.3) is 0 Å². The zero-order valence-electron chi connectivity index (χ0n) is 8.49. The summed E-state index contributed by atoms with van der Waals surface area (Å²) in [7, 11) is 0. The van der Waals surface area contributed by atoms with Crippen LogP contribution in [-0.2, 0) is 9.59 Å². The number of unbranched alkanes of at least 4 members (excludes halogenated alkanes) is 3. The molecule has 3 nitrogen and oxygen atoms in total. The molecule has 0 fully saturated rings. The summed E-state index contributed by atoms with van der Waals surface area (Å²) in [5, 5.41) is 1.29. The van der Waals surface area contributed by atoms with Gasteiger partial charge in [-0.15, -0.1) is 0 Å². The van der Waals surface area contributed by atoms with Gasteiger partial charge in [0, 0.05) is 6.42 Å². The molecule has 0 spiro atoms. The molecule has 15 heavy (non-hydrogen) atoms. The van der Waals surface area contributed by atoms with E-state index in [-0.39, 0.29) is 6.42 Å². The number of carbonyl (C=O) groups excluding carboxylic acids is 2. The first-order valence-corrected chi connectivity index (χ1v) is 4.79. The Labute approximate surface area is 86.0 Å². The molecular weight excluding hydrogens is 211 g/mol. The molecule has 0 aliphatic rings. The Balaban J connectivity index is 3.71. The van der Waals surface area contributed by atoms with E-state index in [9.17, 15) is 22.8 Å². The lowest BCUT2D eigenvalue weighted by Gasteiger charge is -2.06. The minimum Gasteiger partial charge on any atom is -0.289 e. The van der Waals surface area contributed by atoms with Crippen molar-refractivity contribution in [3.63, 3.8) is 0 Å². The smallest absolute Gasteiger partial charge is 0.289 e. The average molecular weight is 225 g/mol. The van der Waals surface area contributed by atoms with E-state index in [0.717, 1.165) is 19.3 Å². The molecule has 0 saturated heterocycles. The predicted molar refractivity (Wildman–Crippen MR) is 48.0 cm³/mol. The molecule has 0 atom stereocenters. The maximum Gasteiger partial charge on any atom is 0.471 e. The number of imide groups is 1. The number of amides is 2. The van der Waals surface area contributed by atoms with Crippen molar-refractivity contribution in [1.29, 1.82) is 0 Å². The van der Waals surface area contributed by atoms with Crippen LogP contribution in [0.3, 0.4) is 0 Å². The summed E-state index contributed by atoms with van der Waals surface area (Å²) in [5.74, 6) is -3.06. The zero-order chi connectivity index (χ0) is 11.9. The quantitative estimate of drug-likeness (QED) is 0.729. The van der Waals surface area contributed by atoms with E-state index in [0.29, 0.717) is 6.42 Å². The molecule has 0 saturated carbocycles. The van der Waals surface area contributed by atoms with Crippen molar-refractivity contribution in [2.45, 2.75) is 45.2 Å². The highest BCUT2D eigenvalue weighted by molar-refractivity contribution is 5.97. The third-order valence-electron chi connectivity index (χ3n) is 1.77. The molecule has 0 aromatic carbocycles. The molecule has 0 aliphatic heterocycles. The number of rotatable bonds is 5. The van der Waals surface area contributed by atoms with E-state index >= 15 is 0 Å². The van der Waals surface area contributed by atoms with Crippen LogP contribution in [0, 0.1) is 0 Å². The third kappa shape index (κ3) is 6.93. The number of carbonyl (C=O) groups is 2. The zero-order valence-corrected chi connectivity index (χ0v) is 8.49. The minimum absolute atomic E-state index is 0.0399. The largest absolute Gasteiger partial charge is 0.471 e. The van der Waals surface area contributed by atoms with Crippen LogP contribution in [0.5, 0.6) is 0 Å². The Bertz CT molecular complexity index is 226. The maximum atomic E-state index is 11.7. The Morgan fingerprint density at radius 1 is 1.13 bits per heavy atom. The fraction of sp³-hybridized carbons (Fsp3) is 0.778. The highest BCUT2D eigenvalue weighted by Gasteiger charge is 2.39. The molecule has 6 heteroatoms. The highest BCUT2D eigenvalue weighted by Crippen LogP contribution is 2.14. The number of alkyl halides is 3. The molecule has 0 aliphatic carbocycles. The highest BCUT2D eigenvalue weighted by atomic mass is 19.4. The number of hydrogen-bond donors (Lipinski definition) is 1. The van der Waals surface area contributed by atoms with Gasteiger partial charge in [0.2, 0.25) is 5.91 Å². The molecule has 0 radical (unpaired) electrons. The van der Waals surface area contributed by atoms with Gasteiger partial charge < -0.3 is 0 Å². The van der Waals surface area contributed by atoms with Crippen LogP contribution < -0.4 is 5.32 Å². The second-order valence-corrected chi connectivity index (χ2v) is 3.19. The van der Waals surface area contributed by atoms with Gasteiger partial charge in [0.25, 0.3) is 0 Å². The van der Waals surface area contributed by atoms with Crippen molar-refractivity contribution < 1.29 is 22.8 Å². The molecule has 0 unspecified atom stereocenters. The molecule has 1 N–H and O–H groups in total. The van der Waals surface area contributed by atoms with Crippen molar-refractivity contribution in [3.8, 4) is 0 Å². The Hall–Kier alpha value is -1.07. The summed E-state index contributed by atoms with van der Waals surface area (Å²) in [4.78, 5) is 21.1. The molecule has 0 aromatic rings.